The number of hydrogen-bond acceptors (Lipinski definition) is 3. The fraction of sp³-hybridized carbons (Fsp3) is 0.206. The van der Waals surface area contributed by atoms with Crippen molar-refractivity contribution in [1.82, 2.24) is 0 Å². The van der Waals surface area contributed by atoms with Gasteiger partial charge in [-0.1, -0.05) is 87.7 Å². The Hall–Kier alpha value is -3.63. The molecule has 0 spiro atoms. The molecule has 1 heterocycles. The highest BCUT2D eigenvalue weighted by Gasteiger charge is 2.37. The first-order valence-electron chi connectivity index (χ1n) is 13.2. The Labute approximate surface area is 233 Å². The zero-order valence-electron chi connectivity index (χ0n) is 21.7. The van der Waals surface area contributed by atoms with Gasteiger partial charge in [0.1, 0.15) is 12.4 Å². The number of benzene rings is 4. The molecule has 4 heteroatoms. The van der Waals surface area contributed by atoms with Crippen LogP contribution in [0.5, 0.6) is 5.75 Å². The molecule has 0 amide bonds. The molecule has 1 aliphatic carbocycles. The van der Waals surface area contributed by atoms with Gasteiger partial charge >= 0.3 is 0 Å². The van der Waals surface area contributed by atoms with E-state index in [2.05, 4.69) is 114 Å². The lowest BCUT2D eigenvalue weighted by Crippen LogP contribution is -2.28. The van der Waals surface area contributed by atoms with Gasteiger partial charge in [0.15, 0.2) is 0 Å². The summed E-state index contributed by atoms with van der Waals surface area (Å²) in [4.78, 5) is 4.79. The highest BCUT2D eigenvalue weighted by molar-refractivity contribution is 9.10. The van der Waals surface area contributed by atoms with Crippen molar-refractivity contribution in [2.45, 2.75) is 38.8 Å². The standard InChI is InChI=1S/C34H31BrN2O/c1-22-16-23(2)18-24(17-22)21-38-33-15-12-27(35)19-26(33)20-36-28-13-10-25(11-14-28)34-31-8-5-7-29(31)30-6-3-4-9-32(30)37-34/h3-7,9-20,29,31,34,37H,8,21H2,1-2H3/t29-,31+,34-/m0/s1. The SMILES string of the molecule is Cc1cc(C)cc(COc2ccc(Br)cc2C=Nc2ccc([C@@H]3Nc4ccccc4[C@@H]4C=CC[C@H]43)cc2)c1. The molecule has 3 atom stereocenters. The lowest BCUT2D eigenvalue weighted by molar-refractivity contribution is 0.305. The van der Waals surface area contributed by atoms with Gasteiger partial charge in [-0.25, -0.2) is 0 Å². The third-order valence-electron chi connectivity index (χ3n) is 7.52. The molecular weight excluding hydrogens is 532 g/mol. The molecule has 4 aromatic rings. The van der Waals surface area contributed by atoms with Gasteiger partial charge in [0.2, 0.25) is 0 Å². The maximum atomic E-state index is 6.22. The van der Waals surface area contributed by atoms with Crippen LogP contribution in [0.1, 0.15) is 51.8 Å². The van der Waals surface area contributed by atoms with Gasteiger partial charge in [0.05, 0.1) is 11.7 Å². The van der Waals surface area contributed by atoms with Crippen molar-refractivity contribution in [2.75, 3.05) is 5.32 Å². The number of nitrogens with one attached hydrogen (secondary N) is 1. The minimum atomic E-state index is 0.290. The fourth-order valence-electron chi connectivity index (χ4n) is 5.85. The van der Waals surface area contributed by atoms with Crippen LogP contribution in [0.25, 0.3) is 0 Å². The second-order valence-corrected chi connectivity index (χ2v) is 11.3. The van der Waals surface area contributed by atoms with E-state index >= 15 is 0 Å². The van der Waals surface area contributed by atoms with E-state index in [1.165, 1.54) is 33.5 Å². The molecule has 0 radical (unpaired) electrons. The molecule has 38 heavy (non-hydrogen) atoms. The fourth-order valence-corrected chi connectivity index (χ4v) is 6.23. The Kier molecular flexibility index (Phi) is 6.90. The maximum Gasteiger partial charge on any atom is 0.128 e. The molecular formula is C34H31BrN2O. The van der Waals surface area contributed by atoms with E-state index in [1.807, 2.05) is 24.4 Å². The molecule has 0 saturated carbocycles. The van der Waals surface area contributed by atoms with E-state index in [1.54, 1.807) is 0 Å². The van der Waals surface area contributed by atoms with Crippen molar-refractivity contribution >= 4 is 33.5 Å². The Morgan fingerprint density at radius 3 is 2.55 bits per heavy atom. The zero-order valence-corrected chi connectivity index (χ0v) is 23.3. The second kappa shape index (κ2) is 10.6. The minimum absolute atomic E-state index is 0.290. The molecule has 2 aliphatic rings. The summed E-state index contributed by atoms with van der Waals surface area (Å²) < 4.78 is 7.21. The first-order valence-corrected chi connectivity index (χ1v) is 14.0. The largest absolute Gasteiger partial charge is 0.488 e. The van der Waals surface area contributed by atoms with Crippen LogP contribution in [0, 0.1) is 19.8 Å². The number of aryl methyl sites for hydroxylation is 2. The summed E-state index contributed by atoms with van der Waals surface area (Å²) in [5.74, 6) is 1.84. The molecule has 0 fully saturated rings. The Balaban J connectivity index is 1.19. The van der Waals surface area contributed by atoms with E-state index in [-0.39, 0.29) is 0 Å². The minimum Gasteiger partial charge on any atom is -0.488 e. The molecule has 6 rings (SSSR count). The van der Waals surface area contributed by atoms with Crippen LogP contribution in [0.2, 0.25) is 0 Å². The molecule has 0 saturated heterocycles. The van der Waals surface area contributed by atoms with E-state index in [0.717, 1.165) is 27.9 Å². The number of hydrogen-bond donors (Lipinski definition) is 1. The van der Waals surface area contributed by atoms with Gasteiger partial charge in [-0.2, -0.15) is 0 Å². The molecule has 4 aromatic carbocycles. The van der Waals surface area contributed by atoms with Crippen molar-refractivity contribution in [1.29, 1.82) is 0 Å². The zero-order chi connectivity index (χ0) is 26.1. The smallest absolute Gasteiger partial charge is 0.128 e. The number of halogens is 1. The monoisotopic (exact) mass is 562 g/mol. The summed E-state index contributed by atoms with van der Waals surface area (Å²) in [7, 11) is 0. The molecule has 0 aromatic heterocycles. The summed E-state index contributed by atoms with van der Waals surface area (Å²) in [5, 5.41) is 3.81. The highest BCUT2D eigenvalue weighted by atomic mass is 79.9. The Morgan fingerprint density at radius 1 is 0.947 bits per heavy atom. The van der Waals surface area contributed by atoms with Gasteiger partial charge in [-0.05, 0) is 79.3 Å². The summed E-state index contributed by atoms with van der Waals surface area (Å²) in [6.07, 6.45) is 7.71. The van der Waals surface area contributed by atoms with Crippen LogP contribution >= 0.6 is 15.9 Å². The molecule has 1 N–H and O–H groups in total. The third-order valence-corrected chi connectivity index (χ3v) is 8.02. The molecule has 190 valence electrons. The summed E-state index contributed by atoms with van der Waals surface area (Å²) in [6.45, 7) is 4.76. The van der Waals surface area contributed by atoms with Gasteiger partial charge in [-0.3, -0.25) is 4.99 Å². The molecule has 1 aliphatic heterocycles. The average molecular weight is 564 g/mol. The number of aliphatic imine (C=N–C) groups is 1. The van der Waals surface area contributed by atoms with E-state index in [4.69, 9.17) is 9.73 Å². The lowest BCUT2D eigenvalue weighted by Gasteiger charge is -2.37. The normalized spacial score (nSPS) is 19.7. The topological polar surface area (TPSA) is 33.6 Å². The number of nitrogens with zero attached hydrogens (tertiary/aromatic N) is 1. The summed E-state index contributed by atoms with van der Waals surface area (Å²) in [6, 6.07) is 30.2. The van der Waals surface area contributed by atoms with Crippen LogP contribution in [0.3, 0.4) is 0 Å². The van der Waals surface area contributed by atoms with Gasteiger partial charge < -0.3 is 10.1 Å². The summed E-state index contributed by atoms with van der Waals surface area (Å²) >= 11 is 3.60. The van der Waals surface area contributed by atoms with Gasteiger partial charge in [0, 0.05) is 27.9 Å². The lowest BCUT2D eigenvalue weighted by atomic mass is 9.77. The number of fused-ring (bicyclic) bond motifs is 3. The number of rotatable bonds is 6. The van der Waals surface area contributed by atoms with Crippen molar-refractivity contribution in [3.05, 3.63) is 135 Å². The first kappa shape index (κ1) is 24.7. The van der Waals surface area contributed by atoms with E-state index < -0.39 is 0 Å². The molecule has 0 unspecified atom stereocenters. The highest BCUT2D eigenvalue weighted by Crippen LogP contribution is 2.49. The Morgan fingerprint density at radius 2 is 1.74 bits per heavy atom. The van der Waals surface area contributed by atoms with Crippen LogP contribution < -0.4 is 10.1 Å². The van der Waals surface area contributed by atoms with E-state index in [9.17, 15) is 0 Å². The average Bonchev–Trinajstić information content (AvgIpc) is 3.41. The quantitative estimate of drug-likeness (QED) is 0.187. The summed E-state index contributed by atoms with van der Waals surface area (Å²) in [5.41, 5.74) is 9.49. The molecule has 0 bridgehead atoms. The van der Waals surface area contributed by atoms with Crippen LogP contribution in [0.15, 0.2) is 107 Å². The first-order chi connectivity index (χ1) is 18.5. The maximum absolute atomic E-state index is 6.22. The van der Waals surface area contributed by atoms with Gasteiger partial charge in [0.25, 0.3) is 0 Å². The van der Waals surface area contributed by atoms with Gasteiger partial charge in [-0.15, -0.1) is 0 Å². The van der Waals surface area contributed by atoms with Crippen molar-refractivity contribution in [3.8, 4) is 5.75 Å². The third kappa shape index (κ3) is 5.19. The van der Waals surface area contributed by atoms with Crippen molar-refractivity contribution in [3.63, 3.8) is 0 Å². The van der Waals surface area contributed by atoms with Crippen molar-refractivity contribution in [2.24, 2.45) is 10.9 Å². The number of allylic oxidation sites excluding steroid dienone is 2. The number of anilines is 1. The van der Waals surface area contributed by atoms with E-state index in [0.29, 0.717) is 24.5 Å². The van der Waals surface area contributed by atoms with Crippen LogP contribution in [-0.4, -0.2) is 6.21 Å². The second-order valence-electron chi connectivity index (χ2n) is 10.4. The van der Waals surface area contributed by atoms with Crippen molar-refractivity contribution < 1.29 is 4.74 Å². The van der Waals surface area contributed by atoms with Crippen LogP contribution in [-0.2, 0) is 6.61 Å². The predicted molar refractivity (Wildman–Crippen MR) is 161 cm³/mol. The van der Waals surface area contributed by atoms with Crippen LogP contribution in [0.4, 0.5) is 11.4 Å². The number of para-hydroxylation sites is 1. The molecule has 3 nitrogen and oxygen atoms in total. The Bertz CT molecular complexity index is 1500. The predicted octanol–water partition coefficient (Wildman–Crippen LogP) is 9.22. The number of ether oxygens (including phenoxy) is 1.